The van der Waals surface area contributed by atoms with Gasteiger partial charge in [0, 0.05) is 11.7 Å². The number of nitrogens with zero attached hydrogens (tertiary/aromatic N) is 1. The number of carbonyl (C=O) groups excluding carboxylic acids is 1. The zero-order chi connectivity index (χ0) is 8.27. The highest BCUT2D eigenvalue weighted by atomic mass is 16.5. The molecule has 62 valence electrons. The first-order valence-corrected chi connectivity index (χ1v) is 3.45. The van der Waals surface area contributed by atoms with Gasteiger partial charge in [-0.05, 0) is 0 Å². The predicted octanol–water partition coefficient (Wildman–Crippen LogP) is -0.139. The van der Waals surface area contributed by atoms with Gasteiger partial charge < -0.3 is 4.74 Å². The first kappa shape index (κ1) is 8.29. The summed E-state index contributed by atoms with van der Waals surface area (Å²) in [5.74, 6) is -1.07. The Morgan fingerprint density at radius 3 is 3.00 bits per heavy atom. The van der Waals surface area contributed by atoms with Crippen molar-refractivity contribution in [3.63, 3.8) is 0 Å². The maximum atomic E-state index is 10.7. The molecule has 11 heavy (non-hydrogen) atoms. The summed E-state index contributed by atoms with van der Waals surface area (Å²) in [7, 11) is 0. The molecule has 0 aliphatic carbocycles. The molecule has 1 aliphatic rings. The van der Waals surface area contributed by atoms with Crippen LogP contribution in [0.3, 0.4) is 0 Å². The highest BCUT2D eigenvalue weighted by molar-refractivity contribution is 5.79. The van der Waals surface area contributed by atoms with Crippen molar-refractivity contribution >= 4 is 5.91 Å². The van der Waals surface area contributed by atoms with Crippen molar-refractivity contribution in [3.8, 4) is 0 Å². The van der Waals surface area contributed by atoms with Gasteiger partial charge in [-0.15, -0.1) is 4.91 Å². The summed E-state index contributed by atoms with van der Waals surface area (Å²) >= 11 is 0. The Morgan fingerprint density at radius 2 is 2.55 bits per heavy atom. The van der Waals surface area contributed by atoms with Crippen LogP contribution in [0.2, 0.25) is 0 Å². The Kier molecular flexibility index (Phi) is 2.67. The Hall–Kier alpha value is -0.810. The van der Waals surface area contributed by atoms with Crippen LogP contribution in [0, 0.1) is 10.8 Å². The first-order valence-electron chi connectivity index (χ1n) is 3.45. The number of nitrogens with one attached hydrogen (secondary N) is 1. The molecule has 0 radical (unpaired) electrons. The molecule has 5 nitrogen and oxygen atoms in total. The van der Waals surface area contributed by atoms with Crippen molar-refractivity contribution in [1.82, 2.24) is 5.32 Å². The van der Waals surface area contributed by atoms with E-state index in [0.717, 1.165) is 0 Å². The molecule has 0 bridgehead atoms. The molecule has 0 aromatic heterocycles. The van der Waals surface area contributed by atoms with Crippen molar-refractivity contribution < 1.29 is 9.53 Å². The molecule has 2 atom stereocenters. The minimum absolute atomic E-state index is 0.194. The zero-order valence-corrected chi connectivity index (χ0v) is 6.24. The average molecular weight is 158 g/mol. The van der Waals surface area contributed by atoms with Crippen LogP contribution in [-0.2, 0) is 9.53 Å². The molecule has 1 N–H and O–H groups in total. The summed E-state index contributed by atoms with van der Waals surface area (Å²) in [6.07, 6.45) is -0.194. The maximum absolute atomic E-state index is 10.7. The maximum Gasteiger partial charge on any atom is 0.291 e. The smallest absolute Gasteiger partial charge is 0.291 e. The van der Waals surface area contributed by atoms with Crippen molar-refractivity contribution in [2.45, 2.75) is 13.0 Å². The lowest BCUT2D eigenvalue weighted by atomic mass is 10.1. The fourth-order valence-corrected chi connectivity index (χ4v) is 0.989. The SMILES string of the molecule is CC(C(=O)N=O)C1CNCO1. The van der Waals surface area contributed by atoms with Crippen molar-refractivity contribution in [3.05, 3.63) is 4.91 Å². The van der Waals surface area contributed by atoms with E-state index in [0.29, 0.717) is 13.3 Å². The fourth-order valence-electron chi connectivity index (χ4n) is 0.989. The molecule has 1 saturated heterocycles. The van der Waals surface area contributed by atoms with E-state index in [2.05, 4.69) is 10.5 Å². The van der Waals surface area contributed by atoms with Gasteiger partial charge in [-0.2, -0.15) is 0 Å². The summed E-state index contributed by atoms with van der Waals surface area (Å²) in [5, 5.41) is 5.25. The van der Waals surface area contributed by atoms with Gasteiger partial charge in [0.25, 0.3) is 5.91 Å². The second-order valence-electron chi connectivity index (χ2n) is 2.52. The van der Waals surface area contributed by atoms with E-state index in [9.17, 15) is 9.70 Å². The highest BCUT2D eigenvalue weighted by Crippen LogP contribution is 2.11. The normalized spacial score (nSPS) is 26.5. The van der Waals surface area contributed by atoms with Gasteiger partial charge >= 0.3 is 0 Å². The van der Waals surface area contributed by atoms with E-state index in [1.165, 1.54) is 0 Å². The summed E-state index contributed by atoms with van der Waals surface area (Å²) < 4.78 is 5.11. The topological polar surface area (TPSA) is 67.8 Å². The van der Waals surface area contributed by atoms with E-state index >= 15 is 0 Å². The van der Waals surface area contributed by atoms with Crippen LogP contribution < -0.4 is 5.32 Å². The molecular weight excluding hydrogens is 148 g/mol. The molecule has 1 rings (SSSR count). The van der Waals surface area contributed by atoms with Crippen molar-refractivity contribution in [2.75, 3.05) is 13.3 Å². The Labute approximate surface area is 64.1 Å². The lowest BCUT2D eigenvalue weighted by Crippen LogP contribution is -2.27. The van der Waals surface area contributed by atoms with Crippen LogP contribution >= 0.6 is 0 Å². The van der Waals surface area contributed by atoms with Gasteiger partial charge in [0.05, 0.1) is 18.8 Å². The molecule has 1 aliphatic heterocycles. The number of hydrogen-bond donors (Lipinski definition) is 1. The zero-order valence-electron chi connectivity index (χ0n) is 6.24. The third-order valence-corrected chi connectivity index (χ3v) is 1.78. The Morgan fingerprint density at radius 1 is 1.82 bits per heavy atom. The third-order valence-electron chi connectivity index (χ3n) is 1.78. The van der Waals surface area contributed by atoms with Crippen LogP contribution in [0.25, 0.3) is 0 Å². The molecule has 0 saturated carbocycles. The lowest BCUT2D eigenvalue weighted by Gasteiger charge is -2.11. The molecule has 0 spiro atoms. The lowest BCUT2D eigenvalue weighted by molar-refractivity contribution is -0.124. The summed E-state index contributed by atoms with van der Waals surface area (Å²) in [6, 6.07) is 0. The van der Waals surface area contributed by atoms with E-state index < -0.39 is 11.8 Å². The molecule has 5 heteroatoms. The number of amides is 1. The summed E-state index contributed by atoms with van der Waals surface area (Å²) in [6.45, 7) is 2.70. The third kappa shape index (κ3) is 1.81. The first-order chi connectivity index (χ1) is 5.25. The van der Waals surface area contributed by atoms with Crippen molar-refractivity contribution in [2.24, 2.45) is 11.1 Å². The van der Waals surface area contributed by atoms with Crippen molar-refractivity contribution in [1.29, 1.82) is 0 Å². The monoisotopic (exact) mass is 158 g/mol. The quantitative estimate of drug-likeness (QED) is 0.568. The number of hydrogen-bond acceptors (Lipinski definition) is 4. The molecule has 0 aromatic rings. The molecule has 1 amide bonds. The minimum atomic E-state index is -0.640. The molecule has 0 aromatic carbocycles. The summed E-state index contributed by atoms with van der Waals surface area (Å²) in [5.41, 5.74) is 0. The van der Waals surface area contributed by atoms with E-state index in [1.54, 1.807) is 6.92 Å². The van der Waals surface area contributed by atoms with Crippen LogP contribution in [0.1, 0.15) is 6.92 Å². The van der Waals surface area contributed by atoms with Crippen LogP contribution in [-0.4, -0.2) is 25.3 Å². The second-order valence-corrected chi connectivity index (χ2v) is 2.52. The van der Waals surface area contributed by atoms with Crippen LogP contribution in [0.5, 0.6) is 0 Å². The van der Waals surface area contributed by atoms with Gasteiger partial charge in [0.15, 0.2) is 0 Å². The molecular formula is C6H10N2O3. The van der Waals surface area contributed by atoms with Gasteiger partial charge in [-0.25, -0.2) is 0 Å². The summed E-state index contributed by atoms with van der Waals surface area (Å²) in [4.78, 5) is 20.5. The molecule has 1 fully saturated rings. The number of nitroso groups, excluding NO2 is 1. The standard InChI is InChI=1S/C6H10N2O3/c1-4(6(9)8-10)5-2-7-3-11-5/h4-5,7H,2-3H2,1H3. The van der Waals surface area contributed by atoms with Gasteiger partial charge in [-0.3, -0.25) is 10.1 Å². The van der Waals surface area contributed by atoms with Crippen LogP contribution in [0.15, 0.2) is 5.18 Å². The van der Waals surface area contributed by atoms with Gasteiger partial charge in [0.2, 0.25) is 0 Å². The second kappa shape index (κ2) is 3.54. The van der Waals surface area contributed by atoms with Gasteiger partial charge in [0.1, 0.15) is 0 Å². The number of rotatable bonds is 2. The van der Waals surface area contributed by atoms with Gasteiger partial charge in [-0.1, -0.05) is 6.92 Å². The van der Waals surface area contributed by atoms with Crippen LogP contribution in [0.4, 0.5) is 0 Å². The molecule has 1 heterocycles. The van der Waals surface area contributed by atoms with E-state index in [1.807, 2.05) is 0 Å². The fraction of sp³-hybridized carbons (Fsp3) is 0.833. The number of ether oxygens (including phenoxy) is 1. The Bertz CT molecular complexity index is 165. The Balaban J connectivity index is 2.45. The predicted molar refractivity (Wildman–Crippen MR) is 37.7 cm³/mol. The average Bonchev–Trinajstić information content (AvgIpc) is 2.53. The highest BCUT2D eigenvalue weighted by Gasteiger charge is 2.27. The minimum Gasteiger partial charge on any atom is -0.361 e. The van der Waals surface area contributed by atoms with E-state index in [-0.39, 0.29) is 6.10 Å². The molecule has 2 unspecified atom stereocenters. The number of carbonyl (C=O) groups is 1. The van der Waals surface area contributed by atoms with E-state index in [4.69, 9.17) is 4.74 Å². The largest absolute Gasteiger partial charge is 0.361 e.